The summed E-state index contributed by atoms with van der Waals surface area (Å²) in [7, 11) is 0. The van der Waals surface area contributed by atoms with Crippen molar-refractivity contribution in [1.82, 2.24) is 5.32 Å². The first-order chi connectivity index (χ1) is 17.6. The number of ketones is 1. The summed E-state index contributed by atoms with van der Waals surface area (Å²) in [6.45, 7) is 0.145. The molecule has 0 aliphatic carbocycles. The van der Waals surface area contributed by atoms with Crippen LogP contribution in [0.5, 0.6) is 0 Å². The van der Waals surface area contributed by atoms with Gasteiger partial charge in [0.2, 0.25) is 0 Å². The first-order valence-electron chi connectivity index (χ1n) is 12.1. The number of halogens is 2. The van der Waals surface area contributed by atoms with Crippen molar-refractivity contribution in [2.24, 2.45) is 0 Å². The fourth-order valence-corrected chi connectivity index (χ4v) is 5.13. The van der Waals surface area contributed by atoms with Crippen LogP contribution in [0.15, 0.2) is 109 Å². The second kappa shape index (κ2) is 10.5. The van der Waals surface area contributed by atoms with Crippen molar-refractivity contribution >= 4 is 5.78 Å². The SMILES string of the molecule is O=C1CCO[C@H](c2cc(F)ccc2F)[C@@H](NC(c2ccccc2)(c2ccccc2)c2ccccc2)C1. The molecule has 1 saturated heterocycles. The van der Waals surface area contributed by atoms with Crippen LogP contribution in [0.25, 0.3) is 0 Å². The molecule has 1 N–H and O–H groups in total. The average molecular weight is 484 g/mol. The van der Waals surface area contributed by atoms with Crippen LogP contribution >= 0.6 is 0 Å². The number of nitrogens with one attached hydrogen (secondary N) is 1. The largest absolute Gasteiger partial charge is 0.371 e. The lowest BCUT2D eigenvalue weighted by Crippen LogP contribution is -2.52. The van der Waals surface area contributed by atoms with Crippen LogP contribution in [0.3, 0.4) is 0 Å². The summed E-state index contributed by atoms with van der Waals surface area (Å²) >= 11 is 0. The molecule has 182 valence electrons. The van der Waals surface area contributed by atoms with E-state index in [1.54, 1.807) is 0 Å². The van der Waals surface area contributed by atoms with E-state index in [0.29, 0.717) is 0 Å². The first-order valence-corrected chi connectivity index (χ1v) is 12.1. The Bertz CT molecular complexity index is 1220. The zero-order chi connectivity index (χ0) is 25.0. The molecule has 1 aliphatic heterocycles. The number of rotatable bonds is 6. The summed E-state index contributed by atoms with van der Waals surface area (Å²) in [4.78, 5) is 12.8. The van der Waals surface area contributed by atoms with Crippen molar-refractivity contribution in [2.45, 2.75) is 30.5 Å². The molecule has 0 bridgehead atoms. The van der Waals surface area contributed by atoms with Crippen molar-refractivity contribution in [3.05, 3.63) is 143 Å². The van der Waals surface area contributed by atoms with Gasteiger partial charge < -0.3 is 4.74 Å². The van der Waals surface area contributed by atoms with Crippen molar-refractivity contribution in [3.63, 3.8) is 0 Å². The lowest BCUT2D eigenvalue weighted by molar-refractivity contribution is -0.119. The number of Topliss-reactive ketones (excluding diaryl/α,β-unsaturated/α-hetero) is 1. The lowest BCUT2D eigenvalue weighted by atomic mass is 9.75. The molecule has 3 nitrogen and oxygen atoms in total. The maximum atomic E-state index is 15.0. The molecule has 5 heteroatoms. The van der Waals surface area contributed by atoms with Crippen LogP contribution in [0, 0.1) is 11.6 Å². The van der Waals surface area contributed by atoms with Crippen molar-refractivity contribution < 1.29 is 18.3 Å². The minimum Gasteiger partial charge on any atom is -0.371 e. The van der Waals surface area contributed by atoms with E-state index >= 15 is 0 Å². The third kappa shape index (κ3) is 4.72. The van der Waals surface area contributed by atoms with Gasteiger partial charge >= 0.3 is 0 Å². The highest BCUT2D eigenvalue weighted by molar-refractivity contribution is 5.79. The molecule has 36 heavy (non-hydrogen) atoms. The van der Waals surface area contributed by atoms with Crippen LogP contribution < -0.4 is 5.32 Å². The molecule has 0 saturated carbocycles. The molecule has 4 aromatic rings. The second-order valence-corrected chi connectivity index (χ2v) is 9.05. The topological polar surface area (TPSA) is 38.3 Å². The maximum absolute atomic E-state index is 15.0. The number of hydrogen-bond donors (Lipinski definition) is 1. The van der Waals surface area contributed by atoms with E-state index in [9.17, 15) is 13.6 Å². The molecular weight excluding hydrogens is 456 g/mol. The van der Waals surface area contributed by atoms with Gasteiger partial charge in [0.15, 0.2) is 0 Å². The Kier molecular flexibility index (Phi) is 7.03. The first kappa shape index (κ1) is 24.0. The molecule has 2 atom stereocenters. The molecule has 1 heterocycles. The molecule has 0 aromatic heterocycles. The zero-order valence-electron chi connectivity index (χ0n) is 19.7. The Labute approximate surface area is 209 Å². The Morgan fingerprint density at radius 2 is 1.28 bits per heavy atom. The molecule has 1 aliphatic rings. The third-order valence-corrected chi connectivity index (χ3v) is 6.78. The summed E-state index contributed by atoms with van der Waals surface area (Å²) < 4.78 is 35.3. The Morgan fingerprint density at radius 1 is 0.750 bits per heavy atom. The number of carbonyl (C=O) groups is 1. The Morgan fingerprint density at radius 3 is 1.81 bits per heavy atom. The maximum Gasteiger partial charge on any atom is 0.136 e. The number of ether oxygens (including phenoxy) is 1. The van der Waals surface area contributed by atoms with Gasteiger partial charge in [-0.15, -0.1) is 0 Å². The van der Waals surface area contributed by atoms with Crippen LogP contribution in [0.2, 0.25) is 0 Å². The lowest BCUT2D eigenvalue weighted by Gasteiger charge is -2.41. The van der Waals surface area contributed by atoms with Gasteiger partial charge in [-0.3, -0.25) is 10.1 Å². The average Bonchev–Trinajstić information content (AvgIpc) is 3.10. The molecular formula is C31H27F2NO2. The van der Waals surface area contributed by atoms with Crippen LogP contribution in [0.1, 0.15) is 41.2 Å². The summed E-state index contributed by atoms with van der Waals surface area (Å²) in [5, 5.41) is 3.75. The van der Waals surface area contributed by atoms with Gasteiger partial charge in [-0.25, -0.2) is 8.78 Å². The number of carbonyl (C=O) groups excluding carboxylic acids is 1. The highest BCUT2D eigenvalue weighted by atomic mass is 19.1. The monoisotopic (exact) mass is 483 g/mol. The van der Waals surface area contributed by atoms with E-state index in [1.807, 2.05) is 91.0 Å². The van der Waals surface area contributed by atoms with Gasteiger partial charge in [-0.2, -0.15) is 0 Å². The van der Waals surface area contributed by atoms with Crippen LogP contribution in [0.4, 0.5) is 8.78 Å². The predicted octanol–water partition coefficient (Wildman–Crippen LogP) is 6.34. The molecule has 0 amide bonds. The van der Waals surface area contributed by atoms with E-state index in [2.05, 4.69) is 5.32 Å². The Balaban J connectivity index is 1.72. The summed E-state index contributed by atoms with van der Waals surface area (Å²) in [5.41, 5.74) is 2.09. The van der Waals surface area contributed by atoms with Crippen LogP contribution in [-0.4, -0.2) is 18.4 Å². The predicted molar refractivity (Wildman–Crippen MR) is 135 cm³/mol. The minimum absolute atomic E-state index is 0.00916. The highest BCUT2D eigenvalue weighted by Gasteiger charge is 2.42. The summed E-state index contributed by atoms with van der Waals surface area (Å²) in [5.74, 6) is -1.10. The fraction of sp³-hybridized carbons (Fsp3) is 0.194. The molecule has 5 rings (SSSR count). The molecule has 0 radical (unpaired) electrons. The smallest absolute Gasteiger partial charge is 0.136 e. The molecule has 0 unspecified atom stereocenters. The molecule has 0 spiro atoms. The summed E-state index contributed by atoms with van der Waals surface area (Å²) in [6, 6.07) is 32.6. The number of benzene rings is 4. The van der Waals surface area contributed by atoms with Crippen molar-refractivity contribution in [2.75, 3.05) is 6.61 Å². The van der Waals surface area contributed by atoms with E-state index in [-0.39, 0.29) is 30.8 Å². The van der Waals surface area contributed by atoms with Gasteiger partial charge in [-0.05, 0) is 34.9 Å². The minimum atomic E-state index is -0.884. The summed E-state index contributed by atoms with van der Waals surface area (Å²) in [6.07, 6.45) is -0.516. The molecule has 1 fully saturated rings. The second-order valence-electron chi connectivity index (χ2n) is 9.05. The van der Waals surface area contributed by atoms with Gasteiger partial charge in [0, 0.05) is 24.4 Å². The zero-order valence-corrected chi connectivity index (χ0v) is 19.7. The van der Waals surface area contributed by atoms with Crippen molar-refractivity contribution in [1.29, 1.82) is 0 Å². The van der Waals surface area contributed by atoms with Gasteiger partial charge in [0.1, 0.15) is 23.5 Å². The standard InChI is InChI=1S/C31H27F2NO2/c32-25-16-17-28(33)27(20-25)30-29(21-26(35)18-19-36-30)34-31(22-10-4-1-5-11-22,23-12-6-2-7-13-23)24-14-8-3-9-15-24/h1-17,20,29-30,34H,18-19,21H2/t29-,30+/m0/s1. The van der Waals surface area contributed by atoms with E-state index in [0.717, 1.165) is 28.8 Å². The number of hydrogen-bond acceptors (Lipinski definition) is 3. The normalized spacial score (nSPS) is 18.6. The highest BCUT2D eigenvalue weighted by Crippen LogP contribution is 2.40. The van der Waals surface area contributed by atoms with Gasteiger partial charge in [0.05, 0.1) is 12.1 Å². The van der Waals surface area contributed by atoms with Gasteiger partial charge in [-0.1, -0.05) is 91.0 Å². The van der Waals surface area contributed by atoms with Crippen LogP contribution in [-0.2, 0) is 15.1 Å². The van der Waals surface area contributed by atoms with Crippen molar-refractivity contribution in [3.8, 4) is 0 Å². The van der Waals surface area contributed by atoms with E-state index in [4.69, 9.17) is 4.74 Å². The van der Waals surface area contributed by atoms with Gasteiger partial charge in [0.25, 0.3) is 0 Å². The Hall–Kier alpha value is -3.67. The third-order valence-electron chi connectivity index (χ3n) is 6.78. The fourth-order valence-electron chi connectivity index (χ4n) is 5.13. The molecule has 4 aromatic carbocycles. The quantitative estimate of drug-likeness (QED) is 0.326. The van der Waals surface area contributed by atoms with E-state index < -0.39 is 29.3 Å². The van der Waals surface area contributed by atoms with E-state index in [1.165, 1.54) is 6.07 Å².